The number of fused-ring (bicyclic) bond motifs is 1. The second-order valence-electron chi connectivity index (χ2n) is 4.10. The maximum Gasteiger partial charge on any atom is 0.220 e. The monoisotopic (exact) mass is 165 g/mol. The molecule has 3 atom stereocenters. The Hall–Kier alpha value is -0.790. The van der Waals surface area contributed by atoms with Gasteiger partial charge >= 0.3 is 0 Å². The SMILES string of the molecule is CC(=O)N1C2C=C(C)C[C@@H](C)[C@H]21. The first-order valence-electron chi connectivity index (χ1n) is 4.57. The fourth-order valence-electron chi connectivity index (χ4n) is 2.47. The number of rotatable bonds is 0. The van der Waals surface area contributed by atoms with Crippen molar-refractivity contribution in [1.82, 2.24) is 4.90 Å². The molecule has 1 unspecified atom stereocenters. The van der Waals surface area contributed by atoms with Crippen LogP contribution in [0.15, 0.2) is 11.6 Å². The van der Waals surface area contributed by atoms with Crippen LogP contribution >= 0.6 is 0 Å². The number of amides is 1. The van der Waals surface area contributed by atoms with Crippen molar-refractivity contribution in [3.8, 4) is 0 Å². The number of hydrogen-bond acceptors (Lipinski definition) is 1. The molecule has 12 heavy (non-hydrogen) atoms. The molecule has 1 fully saturated rings. The fourth-order valence-corrected chi connectivity index (χ4v) is 2.47. The molecule has 0 N–H and O–H groups in total. The third-order valence-electron chi connectivity index (χ3n) is 2.95. The van der Waals surface area contributed by atoms with Crippen molar-refractivity contribution >= 4 is 5.91 Å². The number of carbonyl (C=O) groups excluding carboxylic acids is 1. The van der Waals surface area contributed by atoms with Crippen LogP contribution in [-0.2, 0) is 4.79 Å². The van der Waals surface area contributed by atoms with E-state index in [1.54, 1.807) is 6.92 Å². The van der Waals surface area contributed by atoms with E-state index >= 15 is 0 Å². The molecule has 1 aliphatic heterocycles. The van der Waals surface area contributed by atoms with Gasteiger partial charge in [-0.3, -0.25) is 4.79 Å². The van der Waals surface area contributed by atoms with E-state index in [1.165, 1.54) is 5.57 Å². The first-order valence-corrected chi connectivity index (χ1v) is 4.57. The topological polar surface area (TPSA) is 20.1 Å². The minimum atomic E-state index is 0.225. The molecule has 0 saturated carbocycles. The Bertz CT molecular complexity index is 257. The van der Waals surface area contributed by atoms with Crippen LogP contribution in [0.3, 0.4) is 0 Å². The van der Waals surface area contributed by atoms with E-state index in [-0.39, 0.29) is 5.91 Å². The van der Waals surface area contributed by atoms with Gasteiger partial charge in [-0.25, -0.2) is 0 Å². The maximum atomic E-state index is 11.1. The van der Waals surface area contributed by atoms with E-state index in [0.29, 0.717) is 18.0 Å². The van der Waals surface area contributed by atoms with Gasteiger partial charge in [0.15, 0.2) is 0 Å². The average molecular weight is 165 g/mol. The number of hydrogen-bond donors (Lipinski definition) is 0. The van der Waals surface area contributed by atoms with Crippen molar-refractivity contribution in [2.24, 2.45) is 5.92 Å². The lowest BCUT2D eigenvalue weighted by molar-refractivity contribution is -0.124. The van der Waals surface area contributed by atoms with Crippen molar-refractivity contribution in [3.05, 3.63) is 11.6 Å². The van der Waals surface area contributed by atoms with Crippen LogP contribution in [0.5, 0.6) is 0 Å². The molecule has 1 heterocycles. The number of allylic oxidation sites excluding steroid dienone is 1. The van der Waals surface area contributed by atoms with Crippen molar-refractivity contribution < 1.29 is 4.79 Å². The van der Waals surface area contributed by atoms with E-state index in [4.69, 9.17) is 0 Å². The Balaban J connectivity index is 2.17. The summed E-state index contributed by atoms with van der Waals surface area (Å²) >= 11 is 0. The van der Waals surface area contributed by atoms with Gasteiger partial charge < -0.3 is 4.90 Å². The van der Waals surface area contributed by atoms with Crippen LogP contribution in [0, 0.1) is 5.92 Å². The molecule has 0 spiro atoms. The standard InChI is InChI=1S/C10H15NO/c1-6-4-7(2)10-9(5-6)11(10)8(3)12/h5,7,9-10H,4H2,1-3H3/t7-,9?,10-,11?/m1/s1. The van der Waals surface area contributed by atoms with Gasteiger partial charge in [0, 0.05) is 6.92 Å². The highest BCUT2D eigenvalue weighted by Gasteiger charge is 2.52. The summed E-state index contributed by atoms with van der Waals surface area (Å²) in [7, 11) is 0. The molecular formula is C10H15NO. The molecule has 2 nitrogen and oxygen atoms in total. The molecule has 1 aliphatic carbocycles. The molecule has 2 rings (SSSR count). The van der Waals surface area contributed by atoms with Gasteiger partial charge in [0.25, 0.3) is 0 Å². The zero-order chi connectivity index (χ0) is 8.88. The highest BCUT2D eigenvalue weighted by molar-refractivity contribution is 5.78. The van der Waals surface area contributed by atoms with Crippen LogP contribution in [-0.4, -0.2) is 22.9 Å². The second kappa shape index (κ2) is 2.35. The second-order valence-corrected chi connectivity index (χ2v) is 4.10. The predicted octanol–water partition coefficient (Wildman–Crippen LogP) is 1.57. The third-order valence-corrected chi connectivity index (χ3v) is 2.95. The summed E-state index contributed by atoms with van der Waals surface area (Å²) in [5.41, 5.74) is 1.44. The first-order chi connectivity index (χ1) is 5.61. The van der Waals surface area contributed by atoms with E-state index in [2.05, 4.69) is 19.9 Å². The quantitative estimate of drug-likeness (QED) is 0.394. The van der Waals surface area contributed by atoms with Gasteiger partial charge in [-0.1, -0.05) is 18.6 Å². The van der Waals surface area contributed by atoms with E-state index in [1.807, 2.05) is 4.90 Å². The van der Waals surface area contributed by atoms with Gasteiger partial charge in [0.2, 0.25) is 5.91 Å². The molecule has 66 valence electrons. The molecule has 0 aromatic carbocycles. The van der Waals surface area contributed by atoms with E-state index in [0.717, 1.165) is 6.42 Å². The summed E-state index contributed by atoms with van der Waals surface area (Å²) in [6, 6.07) is 0.956. The zero-order valence-corrected chi connectivity index (χ0v) is 7.87. The van der Waals surface area contributed by atoms with Crippen LogP contribution in [0.4, 0.5) is 0 Å². The maximum absolute atomic E-state index is 11.1. The van der Waals surface area contributed by atoms with Gasteiger partial charge in [-0.2, -0.15) is 0 Å². The fraction of sp³-hybridized carbons (Fsp3) is 0.700. The van der Waals surface area contributed by atoms with Crippen molar-refractivity contribution in [2.75, 3.05) is 0 Å². The minimum absolute atomic E-state index is 0.225. The third kappa shape index (κ3) is 0.977. The molecule has 2 heteroatoms. The lowest BCUT2D eigenvalue weighted by Crippen LogP contribution is -2.14. The molecule has 1 saturated heterocycles. The molecule has 1 amide bonds. The van der Waals surface area contributed by atoms with Crippen LogP contribution in [0.1, 0.15) is 27.2 Å². The van der Waals surface area contributed by atoms with Gasteiger partial charge in [-0.05, 0) is 19.3 Å². The Morgan fingerprint density at radius 1 is 1.67 bits per heavy atom. The predicted molar refractivity (Wildman–Crippen MR) is 47.6 cm³/mol. The minimum Gasteiger partial charge on any atom is -0.329 e. The van der Waals surface area contributed by atoms with Gasteiger partial charge in [0.1, 0.15) is 0 Å². The molecule has 0 aromatic rings. The van der Waals surface area contributed by atoms with E-state index < -0.39 is 0 Å². The Labute approximate surface area is 73.2 Å². The molecular weight excluding hydrogens is 150 g/mol. The van der Waals surface area contributed by atoms with Crippen LogP contribution in [0.25, 0.3) is 0 Å². The summed E-state index contributed by atoms with van der Waals surface area (Å²) < 4.78 is 0. The smallest absolute Gasteiger partial charge is 0.220 e. The summed E-state index contributed by atoms with van der Waals surface area (Å²) in [6.45, 7) is 6.05. The molecule has 2 aliphatic rings. The summed E-state index contributed by atoms with van der Waals surface area (Å²) in [4.78, 5) is 13.1. The lowest BCUT2D eigenvalue weighted by atomic mass is 9.91. The molecule has 0 radical (unpaired) electrons. The Morgan fingerprint density at radius 3 is 2.92 bits per heavy atom. The van der Waals surface area contributed by atoms with Crippen molar-refractivity contribution in [2.45, 2.75) is 39.3 Å². The van der Waals surface area contributed by atoms with Crippen LogP contribution < -0.4 is 0 Å². The normalized spacial score (nSPS) is 38.8. The van der Waals surface area contributed by atoms with E-state index in [9.17, 15) is 4.79 Å². The Kier molecular flexibility index (Phi) is 1.53. The summed E-state index contributed by atoms with van der Waals surface area (Å²) in [5.74, 6) is 0.881. The van der Waals surface area contributed by atoms with Gasteiger partial charge in [0.05, 0.1) is 12.1 Å². The summed E-state index contributed by atoms with van der Waals surface area (Å²) in [6.07, 6.45) is 3.40. The Morgan fingerprint density at radius 2 is 2.33 bits per heavy atom. The molecule has 0 bridgehead atoms. The average Bonchev–Trinajstić information content (AvgIpc) is 2.60. The highest BCUT2D eigenvalue weighted by atomic mass is 16.2. The van der Waals surface area contributed by atoms with Gasteiger partial charge in [-0.15, -0.1) is 0 Å². The molecule has 0 aromatic heterocycles. The van der Waals surface area contributed by atoms with Crippen molar-refractivity contribution in [3.63, 3.8) is 0 Å². The summed E-state index contributed by atoms with van der Waals surface area (Å²) in [5, 5.41) is 0. The first kappa shape index (κ1) is 7.84. The van der Waals surface area contributed by atoms with Crippen molar-refractivity contribution in [1.29, 1.82) is 0 Å². The lowest BCUT2D eigenvalue weighted by Gasteiger charge is -2.12. The number of nitrogens with zero attached hydrogens (tertiary/aromatic N) is 1. The zero-order valence-electron chi connectivity index (χ0n) is 7.87. The van der Waals surface area contributed by atoms with Crippen LogP contribution in [0.2, 0.25) is 0 Å². The largest absolute Gasteiger partial charge is 0.329 e. The number of carbonyl (C=O) groups is 1. The highest BCUT2D eigenvalue weighted by Crippen LogP contribution is 2.42.